The lowest BCUT2D eigenvalue weighted by Crippen LogP contribution is -2.10. The number of nitro groups is 1. The predicted molar refractivity (Wildman–Crippen MR) is 56.0 cm³/mol. The number of hydrogen-bond donors (Lipinski definition) is 1. The minimum absolute atomic E-state index is 0.0169. The summed E-state index contributed by atoms with van der Waals surface area (Å²) in [6, 6.07) is 3.05. The largest absolute Gasteiger partial charge is 0.383 e. The fourth-order valence-electron chi connectivity index (χ4n) is 1.10. The van der Waals surface area contributed by atoms with E-state index in [9.17, 15) is 10.1 Å². The molecular weight excluding hydrogens is 198 g/mol. The summed E-state index contributed by atoms with van der Waals surface area (Å²) in [7, 11) is 1.57. The van der Waals surface area contributed by atoms with E-state index in [-0.39, 0.29) is 11.5 Å². The fraction of sp³-hybridized carbons (Fsp3) is 0.444. The van der Waals surface area contributed by atoms with Crippen LogP contribution < -0.4 is 5.32 Å². The van der Waals surface area contributed by atoms with Crippen LogP contribution in [0.5, 0.6) is 0 Å². The molecule has 0 saturated carbocycles. The van der Waals surface area contributed by atoms with Gasteiger partial charge in [0.05, 0.1) is 11.5 Å². The molecule has 0 bridgehead atoms. The van der Waals surface area contributed by atoms with Gasteiger partial charge in [0.1, 0.15) is 0 Å². The van der Waals surface area contributed by atoms with Crippen LogP contribution >= 0.6 is 0 Å². The van der Waals surface area contributed by atoms with Crippen LogP contribution in [0.2, 0.25) is 0 Å². The van der Waals surface area contributed by atoms with E-state index in [2.05, 4.69) is 10.3 Å². The van der Waals surface area contributed by atoms with Crippen LogP contribution in [-0.4, -0.2) is 30.2 Å². The van der Waals surface area contributed by atoms with Gasteiger partial charge in [-0.1, -0.05) is 0 Å². The summed E-state index contributed by atoms with van der Waals surface area (Å²) < 4.78 is 4.83. The summed E-state index contributed by atoms with van der Waals surface area (Å²) >= 11 is 0. The molecule has 0 aliphatic heterocycles. The van der Waals surface area contributed by atoms with Crippen molar-refractivity contribution in [2.45, 2.75) is 6.92 Å². The Hall–Kier alpha value is -1.69. The van der Waals surface area contributed by atoms with Gasteiger partial charge < -0.3 is 10.1 Å². The molecule has 6 heteroatoms. The Kier molecular flexibility index (Phi) is 3.99. The number of aryl methyl sites for hydroxylation is 1. The van der Waals surface area contributed by atoms with Crippen molar-refractivity contribution in [1.82, 2.24) is 4.98 Å². The number of anilines is 1. The number of nitrogens with zero attached hydrogens (tertiary/aromatic N) is 2. The van der Waals surface area contributed by atoms with Gasteiger partial charge in [0.15, 0.2) is 0 Å². The standard InChI is InChI=1S/C9H13N3O3/c1-7-3-4-8(12(13)14)9(11-7)10-5-6-15-2/h3-4H,5-6H2,1-2H3,(H,10,11). The maximum atomic E-state index is 10.7. The Balaban J connectivity index is 2.82. The summed E-state index contributed by atoms with van der Waals surface area (Å²) in [5.41, 5.74) is 0.720. The molecular formula is C9H13N3O3. The molecule has 1 rings (SSSR count). The zero-order valence-electron chi connectivity index (χ0n) is 8.69. The summed E-state index contributed by atoms with van der Waals surface area (Å²) in [6.07, 6.45) is 0. The maximum absolute atomic E-state index is 10.7. The SMILES string of the molecule is COCCNc1nc(C)ccc1[N+](=O)[O-]. The quantitative estimate of drug-likeness (QED) is 0.452. The van der Waals surface area contributed by atoms with Crippen molar-refractivity contribution >= 4 is 11.5 Å². The van der Waals surface area contributed by atoms with Gasteiger partial charge >= 0.3 is 5.69 Å². The van der Waals surface area contributed by atoms with Crippen LogP contribution in [0.4, 0.5) is 11.5 Å². The van der Waals surface area contributed by atoms with Crippen molar-refractivity contribution in [2.75, 3.05) is 25.6 Å². The number of methoxy groups -OCH3 is 1. The van der Waals surface area contributed by atoms with E-state index in [0.717, 1.165) is 5.69 Å². The van der Waals surface area contributed by atoms with E-state index in [1.807, 2.05) is 0 Å². The third kappa shape index (κ3) is 3.17. The Labute approximate surface area is 87.4 Å². The fourth-order valence-corrected chi connectivity index (χ4v) is 1.10. The third-order valence-corrected chi connectivity index (χ3v) is 1.81. The van der Waals surface area contributed by atoms with Crippen molar-refractivity contribution in [3.05, 3.63) is 27.9 Å². The monoisotopic (exact) mass is 211 g/mol. The maximum Gasteiger partial charge on any atom is 0.311 e. The van der Waals surface area contributed by atoms with Gasteiger partial charge in [0.2, 0.25) is 5.82 Å². The molecule has 0 atom stereocenters. The average molecular weight is 211 g/mol. The van der Waals surface area contributed by atoms with Gasteiger partial charge in [0.25, 0.3) is 0 Å². The Morgan fingerprint density at radius 2 is 2.33 bits per heavy atom. The Morgan fingerprint density at radius 3 is 2.93 bits per heavy atom. The number of nitrogens with one attached hydrogen (secondary N) is 1. The lowest BCUT2D eigenvalue weighted by molar-refractivity contribution is -0.384. The Morgan fingerprint density at radius 1 is 1.60 bits per heavy atom. The lowest BCUT2D eigenvalue weighted by Gasteiger charge is -2.05. The van der Waals surface area contributed by atoms with Crippen LogP contribution in [0.15, 0.2) is 12.1 Å². The van der Waals surface area contributed by atoms with Gasteiger partial charge in [-0.2, -0.15) is 0 Å². The third-order valence-electron chi connectivity index (χ3n) is 1.81. The van der Waals surface area contributed by atoms with E-state index in [1.165, 1.54) is 6.07 Å². The van der Waals surface area contributed by atoms with Crippen molar-refractivity contribution in [2.24, 2.45) is 0 Å². The second-order valence-corrected chi connectivity index (χ2v) is 3.00. The first-order valence-electron chi connectivity index (χ1n) is 4.50. The van der Waals surface area contributed by atoms with Crippen LogP contribution in [-0.2, 0) is 4.74 Å². The highest BCUT2D eigenvalue weighted by molar-refractivity contribution is 5.55. The minimum Gasteiger partial charge on any atom is -0.383 e. The summed E-state index contributed by atoms with van der Waals surface area (Å²) in [5, 5.41) is 13.5. The molecule has 1 aromatic rings. The van der Waals surface area contributed by atoms with E-state index in [1.54, 1.807) is 20.1 Å². The molecule has 0 amide bonds. The molecule has 0 unspecified atom stereocenters. The smallest absolute Gasteiger partial charge is 0.311 e. The topological polar surface area (TPSA) is 77.3 Å². The van der Waals surface area contributed by atoms with E-state index >= 15 is 0 Å². The lowest BCUT2D eigenvalue weighted by atomic mass is 10.3. The van der Waals surface area contributed by atoms with E-state index in [4.69, 9.17) is 4.74 Å². The molecule has 1 N–H and O–H groups in total. The van der Waals surface area contributed by atoms with E-state index < -0.39 is 4.92 Å². The highest BCUT2D eigenvalue weighted by Crippen LogP contribution is 2.21. The first kappa shape index (κ1) is 11.4. The zero-order valence-corrected chi connectivity index (χ0v) is 8.69. The molecule has 82 valence electrons. The van der Waals surface area contributed by atoms with Gasteiger partial charge in [-0.25, -0.2) is 4.98 Å². The van der Waals surface area contributed by atoms with Crippen LogP contribution in [0.1, 0.15) is 5.69 Å². The summed E-state index contributed by atoms with van der Waals surface area (Å²) in [6.45, 7) is 2.76. The molecule has 0 spiro atoms. The molecule has 0 aliphatic rings. The number of rotatable bonds is 5. The first-order valence-corrected chi connectivity index (χ1v) is 4.50. The normalized spacial score (nSPS) is 10.0. The second-order valence-electron chi connectivity index (χ2n) is 3.00. The number of ether oxygens (including phenoxy) is 1. The minimum atomic E-state index is -0.457. The van der Waals surface area contributed by atoms with Crippen LogP contribution in [0, 0.1) is 17.0 Å². The van der Waals surface area contributed by atoms with Crippen LogP contribution in [0.25, 0.3) is 0 Å². The number of aromatic nitrogens is 1. The molecule has 15 heavy (non-hydrogen) atoms. The highest BCUT2D eigenvalue weighted by atomic mass is 16.6. The van der Waals surface area contributed by atoms with Crippen molar-refractivity contribution < 1.29 is 9.66 Å². The predicted octanol–water partition coefficient (Wildman–Crippen LogP) is 1.36. The van der Waals surface area contributed by atoms with Gasteiger partial charge in [-0.3, -0.25) is 10.1 Å². The van der Waals surface area contributed by atoms with Gasteiger partial charge in [0, 0.05) is 25.4 Å². The van der Waals surface area contributed by atoms with E-state index in [0.29, 0.717) is 13.2 Å². The highest BCUT2D eigenvalue weighted by Gasteiger charge is 2.14. The summed E-state index contributed by atoms with van der Waals surface area (Å²) in [4.78, 5) is 14.3. The average Bonchev–Trinajstić information content (AvgIpc) is 2.18. The molecule has 1 aromatic heterocycles. The van der Waals surface area contributed by atoms with Gasteiger partial charge in [-0.05, 0) is 13.0 Å². The molecule has 0 radical (unpaired) electrons. The summed E-state index contributed by atoms with van der Waals surface area (Å²) in [5.74, 6) is 0.289. The molecule has 6 nitrogen and oxygen atoms in total. The zero-order chi connectivity index (χ0) is 11.3. The van der Waals surface area contributed by atoms with Crippen molar-refractivity contribution in [3.8, 4) is 0 Å². The molecule has 0 aliphatic carbocycles. The number of hydrogen-bond acceptors (Lipinski definition) is 5. The number of pyridine rings is 1. The van der Waals surface area contributed by atoms with Crippen LogP contribution in [0.3, 0.4) is 0 Å². The molecule has 1 heterocycles. The first-order chi connectivity index (χ1) is 7.15. The molecule has 0 aromatic carbocycles. The van der Waals surface area contributed by atoms with Crippen molar-refractivity contribution in [3.63, 3.8) is 0 Å². The molecule has 0 saturated heterocycles. The second kappa shape index (κ2) is 5.26. The molecule has 0 fully saturated rings. The Bertz CT molecular complexity index is 354. The van der Waals surface area contributed by atoms with Gasteiger partial charge in [-0.15, -0.1) is 0 Å². The van der Waals surface area contributed by atoms with Crippen molar-refractivity contribution in [1.29, 1.82) is 0 Å².